The maximum Gasteiger partial charge on any atom is 0.222 e. The zero-order valence-corrected chi connectivity index (χ0v) is 18.6. The van der Waals surface area contributed by atoms with Gasteiger partial charge in [0, 0.05) is 30.7 Å². The van der Waals surface area contributed by atoms with Gasteiger partial charge in [-0.2, -0.15) is 0 Å². The van der Waals surface area contributed by atoms with Crippen molar-refractivity contribution in [1.82, 2.24) is 9.97 Å². The highest BCUT2D eigenvalue weighted by atomic mass is 16.5. The average Bonchev–Trinajstić information content (AvgIpc) is 2.77. The number of nitrogens with zero attached hydrogens (tertiary/aromatic N) is 2. The minimum absolute atomic E-state index is 0.0496. The molecule has 0 amide bonds. The molecule has 3 rings (SSSR count). The third-order valence-electron chi connectivity index (χ3n) is 4.79. The fourth-order valence-electron chi connectivity index (χ4n) is 3.21. The Kier molecular flexibility index (Phi) is 7.77. The van der Waals surface area contributed by atoms with Gasteiger partial charge in [0.2, 0.25) is 11.6 Å². The van der Waals surface area contributed by atoms with Crippen molar-refractivity contribution < 1.29 is 28.5 Å². The molecular weight excluding hydrogens is 414 g/mol. The first-order valence-electron chi connectivity index (χ1n) is 10.4. The van der Waals surface area contributed by atoms with E-state index in [1.165, 1.54) is 25.6 Å². The van der Waals surface area contributed by atoms with Crippen molar-refractivity contribution in [2.45, 2.75) is 32.8 Å². The lowest BCUT2D eigenvalue weighted by atomic mass is 10.1. The molecule has 0 bridgehead atoms. The van der Waals surface area contributed by atoms with E-state index < -0.39 is 0 Å². The van der Waals surface area contributed by atoms with Crippen LogP contribution in [0.3, 0.4) is 0 Å². The molecule has 0 saturated carbocycles. The molecule has 9 heteroatoms. The minimum Gasteiger partial charge on any atom is -0.493 e. The van der Waals surface area contributed by atoms with Crippen molar-refractivity contribution in [2.75, 3.05) is 32.8 Å². The third-order valence-corrected chi connectivity index (χ3v) is 4.79. The highest BCUT2D eigenvalue weighted by Gasteiger charge is 2.24. The summed E-state index contributed by atoms with van der Waals surface area (Å²) in [7, 11) is 3.12. The van der Waals surface area contributed by atoms with Gasteiger partial charge < -0.3 is 24.3 Å². The molecule has 1 heterocycles. The number of aromatic nitrogens is 2. The molecule has 1 aliphatic carbocycles. The van der Waals surface area contributed by atoms with Crippen LogP contribution in [-0.4, -0.2) is 55.1 Å². The van der Waals surface area contributed by atoms with Crippen molar-refractivity contribution in [2.24, 2.45) is 0 Å². The molecule has 1 N–H and O–H groups in total. The van der Waals surface area contributed by atoms with E-state index in [1.54, 1.807) is 19.2 Å². The van der Waals surface area contributed by atoms with Gasteiger partial charge in [-0.05, 0) is 19.4 Å². The van der Waals surface area contributed by atoms with Gasteiger partial charge in [0.05, 0.1) is 31.0 Å². The van der Waals surface area contributed by atoms with E-state index in [4.69, 9.17) is 18.9 Å². The molecule has 1 aliphatic rings. The topological polar surface area (TPSA) is 109 Å². The smallest absolute Gasteiger partial charge is 0.222 e. The van der Waals surface area contributed by atoms with E-state index in [1.807, 2.05) is 13.8 Å². The molecule has 9 nitrogen and oxygen atoms in total. The van der Waals surface area contributed by atoms with E-state index in [0.29, 0.717) is 41.4 Å². The van der Waals surface area contributed by atoms with E-state index in [-0.39, 0.29) is 29.1 Å². The van der Waals surface area contributed by atoms with Crippen molar-refractivity contribution in [3.63, 3.8) is 0 Å². The lowest BCUT2D eigenvalue weighted by molar-refractivity contribution is -0.118. The van der Waals surface area contributed by atoms with Crippen molar-refractivity contribution in [1.29, 1.82) is 0 Å². The Morgan fingerprint density at radius 1 is 1.03 bits per heavy atom. The highest BCUT2D eigenvalue weighted by molar-refractivity contribution is 6.20. The fourth-order valence-corrected chi connectivity index (χ4v) is 3.21. The number of methoxy groups -OCH3 is 2. The number of nitrogens with one attached hydrogen (secondary N) is 1. The average molecular weight is 441 g/mol. The number of hydrogen-bond acceptors (Lipinski definition) is 9. The van der Waals surface area contributed by atoms with Crippen LogP contribution in [0.4, 0.5) is 5.82 Å². The Morgan fingerprint density at radius 3 is 2.56 bits per heavy atom. The standard InChI is InChI=1S/C23H27N3O6/c1-5-6-14(2)32-20-12-18(27)17(10-19(20)28)26-23-15-9-21(30-4)22(31-8-7-29-3)11-16(15)24-13-25-23/h9-14H,5-8H2,1-4H3,(H,24,25,26). The van der Waals surface area contributed by atoms with Crippen LogP contribution < -0.4 is 14.8 Å². The number of anilines is 1. The van der Waals surface area contributed by atoms with Gasteiger partial charge in [-0.3, -0.25) is 9.59 Å². The van der Waals surface area contributed by atoms with E-state index in [2.05, 4.69) is 15.3 Å². The number of rotatable bonds is 11. The largest absolute Gasteiger partial charge is 0.493 e. The summed E-state index contributed by atoms with van der Waals surface area (Å²) < 4.78 is 21.8. The van der Waals surface area contributed by atoms with Gasteiger partial charge in [0.25, 0.3) is 0 Å². The van der Waals surface area contributed by atoms with Crippen LogP contribution >= 0.6 is 0 Å². The molecule has 170 valence electrons. The Hall–Kier alpha value is -3.46. The maximum atomic E-state index is 12.6. The normalized spacial score (nSPS) is 14.6. The molecule has 0 spiro atoms. The molecule has 0 radical (unpaired) electrons. The molecule has 1 atom stereocenters. The van der Waals surface area contributed by atoms with Gasteiger partial charge in [0.15, 0.2) is 17.3 Å². The van der Waals surface area contributed by atoms with Crippen LogP contribution in [0.25, 0.3) is 10.9 Å². The third kappa shape index (κ3) is 5.42. The first-order chi connectivity index (χ1) is 15.5. The molecule has 1 aromatic carbocycles. The summed E-state index contributed by atoms with van der Waals surface area (Å²) >= 11 is 0. The number of fused-ring (bicyclic) bond motifs is 1. The van der Waals surface area contributed by atoms with Crippen LogP contribution in [-0.2, 0) is 19.1 Å². The fraction of sp³-hybridized carbons (Fsp3) is 0.391. The molecule has 2 aromatic rings. The second-order valence-electron chi connectivity index (χ2n) is 7.22. The first kappa shape index (κ1) is 23.2. The second-order valence-corrected chi connectivity index (χ2v) is 7.22. The van der Waals surface area contributed by atoms with Crippen molar-refractivity contribution >= 4 is 28.3 Å². The van der Waals surface area contributed by atoms with Gasteiger partial charge in [0.1, 0.15) is 18.8 Å². The summed E-state index contributed by atoms with van der Waals surface area (Å²) in [5.74, 6) is 0.652. The molecular formula is C23H27N3O6. The van der Waals surface area contributed by atoms with E-state index in [9.17, 15) is 9.59 Å². The molecule has 0 aliphatic heterocycles. The van der Waals surface area contributed by atoms with Gasteiger partial charge in [-0.1, -0.05) is 13.3 Å². The van der Waals surface area contributed by atoms with Crippen LogP contribution in [0.15, 0.2) is 42.1 Å². The van der Waals surface area contributed by atoms with Crippen molar-refractivity contribution in [3.05, 3.63) is 42.1 Å². The lowest BCUT2D eigenvalue weighted by Crippen LogP contribution is -2.22. The summed E-state index contributed by atoms with van der Waals surface area (Å²) in [6.45, 7) is 4.68. The van der Waals surface area contributed by atoms with Crippen LogP contribution in [0, 0.1) is 0 Å². The number of hydrogen-bond donors (Lipinski definition) is 1. The predicted octanol–water partition coefficient (Wildman–Crippen LogP) is 3.20. The summed E-state index contributed by atoms with van der Waals surface area (Å²) in [6, 6.07) is 3.44. The highest BCUT2D eigenvalue weighted by Crippen LogP contribution is 2.34. The van der Waals surface area contributed by atoms with Gasteiger partial charge in [-0.25, -0.2) is 9.97 Å². The van der Waals surface area contributed by atoms with Crippen LogP contribution in [0.5, 0.6) is 11.5 Å². The zero-order valence-electron chi connectivity index (χ0n) is 18.6. The number of ketones is 2. The van der Waals surface area contributed by atoms with Crippen LogP contribution in [0.1, 0.15) is 26.7 Å². The molecule has 1 aromatic heterocycles. The Bertz CT molecular complexity index is 1060. The Morgan fingerprint density at radius 2 is 1.84 bits per heavy atom. The number of allylic oxidation sites excluding steroid dienone is 2. The summed E-state index contributed by atoms with van der Waals surface area (Å²) in [6.07, 6.45) is 5.36. The molecule has 0 saturated heterocycles. The quantitative estimate of drug-likeness (QED) is 0.415. The van der Waals surface area contributed by atoms with E-state index >= 15 is 0 Å². The minimum atomic E-state index is -0.375. The number of carbonyl (C=O) groups excluding carboxylic acids is 2. The first-order valence-corrected chi connectivity index (χ1v) is 10.4. The predicted molar refractivity (Wildman–Crippen MR) is 119 cm³/mol. The Labute approximate surface area is 186 Å². The summed E-state index contributed by atoms with van der Waals surface area (Å²) in [4.78, 5) is 33.6. The molecule has 0 fully saturated rings. The second kappa shape index (κ2) is 10.7. The van der Waals surface area contributed by atoms with Crippen LogP contribution in [0.2, 0.25) is 0 Å². The monoisotopic (exact) mass is 441 g/mol. The van der Waals surface area contributed by atoms with Crippen molar-refractivity contribution in [3.8, 4) is 11.5 Å². The molecule has 1 unspecified atom stereocenters. The van der Waals surface area contributed by atoms with E-state index in [0.717, 1.165) is 12.8 Å². The SMILES string of the molecule is CCCC(C)OC1=CC(=O)C(Nc2ncnc3cc(OCCOC)c(OC)cc23)=CC1=O. The summed E-state index contributed by atoms with van der Waals surface area (Å²) in [5, 5.41) is 3.55. The number of benzene rings is 1. The Balaban J connectivity index is 1.84. The van der Waals surface area contributed by atoms with Gasteiger partial charge in [-0.15, -0.1) is 0 Å². The lowest BCUT2D eigenvalue weighted by Gasteiger charge is -2.19. The number of ether oxygens (including phenoxy) is 4. The molecule has 32 heavy (non-hydrogen) atoms. The summed E-state index contributed by atoms with van der Waals surface area (Å²) in [5.41, 5.74) is 0.684. The zero-order chi connectivity index (χ0) is 23.1. The number of carbonyl (C=O) groups is 2. The maximum absolute atomic E-state index is 12.6. The van der Waals surface area contributed by atoms with Gasteiger partial charge >= 0.3 is 0 Å².